The number of H-pyrrole nitrogens is 1. The fourth-order valence-electron chi connectivity index (χ4n) is 1.15. The van der Waals surface area contributed by atoms with E-state index in [9.17, 15) is 4.39 Å². The van der Waals surface area contributed by atoms with Crippen LogP contribution < -0.4 is 0 Å². The van der Waals surface area contributed by atoms with Gasteiger partial charge in [-0.3, -0.25) is 5.10 Å². The Bertz CT molecular complexity index is 384. The zero-order valence-electron chi connectivity index (χ0n) is 6.87. The molecule has 0 amide bonds. The van der Waals surface area contributed by atoms with E-state index >= 15 is 0 Å². The first kappa shape index (κ1) is 7.91. The van der Waals surface area contributed by atoms with E-state index in [4.69, 9.17) is 0 Å². The van der Waals surface area contributed by atoms with Gasteiger partial charge in [0.15, 0.2) is 0 Å². The van der Waals surface area contributed by atoms with E-state index in [1.54, 1.807) is 24.4 Å². The summed E-state index contributed by atoms with van der Waals surface area (Å²) in [6.07, 6.45) is 2.13. The lowest BCUT2D eigenvalue weighted by Crippen LogP contribution is -1.92. The number of nitrogens with zero attached hydrogens (tertiary/aromatic N) is 2. The third-order valence-corrected chi connectivity index (χ3v) is 1.80. The maximum atomic E-state index is 13.1. The van der Waals surface area contributed by atoms with Crippen molar-refractivity contribution < 1.29 is 4.39 Å². The molecule has 0 saturated heterocycles. The molecule has 0 unspecified atom stereocenters. The van der Waals surface area contributed by atoms with Gasteiger partial charge in [-0.25, -0.2) is 4.39 Å². The first-order valence-electron chi connectivity index (χ1n) is 3.95. The van der Waals surface area contributed by atoms with Gasteiger partial charge in [-0.2, -0.15) is 0 Å². The molecule has 0 atom stereocenters. The van der Waals surface area contributed by atoms with E-state index in [2.05, 4.69) is 15.4 Å². The summed E-state index contributed by atoms with van der Waals surface area (Å²) in [5.41, 5.74) is 1.38. The SMILES string of the molecule is Fc1ccccc1Cc1c[nH]nn1. The van der Waals surface area contributed by atoms with Crippen LogP contribution in [0.2, 0.25) is 0 Å². The molecule has 0 bridgehead atoms. The molecule has 0 aliphatic rings. The maximum absolute atomic E-state index is 13.1. The zero-order valence-corrected chi connectivity index (χ0v) is 6.87. The molecule has 0 aliphatic heterocycles. The second-order valence-corrected chi connectivity index (χ2v) is 2.73. The van der Waals surface area contributed by atoms with Crippen molar-refractivity contribution in [3.05, 3.63) is 47.5 Å². The molecule has 0 radical (unpaired) electrons. The summed E-state index contributed by atoms with van der Waals surface area (Å²) in [6, 6.07) is 6.65. The number of nitrogens with one attached hydrogen (secondary N) is 1. The van der Waals surface area contributed by atoms with Crippen molar-refractivity contribution >= 4 is 0 Å². The van der Waals surface area contributed by atoms with Crippen LogP contribution in [0.4, 0.5) is 4.39 Å². The fraction of sp³-hybridized carbons (Fsp3) is 0.111. The number of rotatable bonds is 2. The van der Waals surface area contributed by atoms with Gasteiger partial charge in [0.25, 0.3) is 0 Å². The van der Waals surface area contributed by atoms with Crippen LogP contribution >= 0.6 is 0 Å². The minimum absolute atomic E-state index is 0.203. The van der Waals surface area contributed by atoms with Gasteiger partial charge in [-0.1, -0.05) is 23.4 Å². The molecule has 0 saturated carbocycles. The van der Waals surface area contributed by atoms with E-state index in [0.29, 0.717) is 12.0 Å². The number of hydrogen-bond acceptors (Lipinski definition) is 2. The highest BCUT2D eigenvalue weighted by Gasteiger charge is 2.03. The molecule has 0 aliphatic carbocycles. The normalized spacial score (nSPS) is 10.2. The average Bonchev–Trinajstić information content (AvgIpc) is 2.61. The molecule has 0 fully saturated rings. The predicted molar refractivity (Wildman–Crippen MR) is 45.6 cm³/mol. The van der Waals surface area contributed by atoms with Crippen LogP contribution in [-0.2, 0) is 6.42 Å². The number of halogens is 1. The van der Waals surface area contributed by atoms with Gasteiger partial charge in [0, 0.05) is 12.6 Å². The number of benzene rings is 1. The highest BCUT2D eigenvalue weighted by atomic mass is 19.1. The summed E-state index contributed by atoms with van der Waals surface area (Å²) in [5, 5.41) is 9.92. The van der Waals surface area contributed by atoms with Crippen LogP contribution in [0.25, 0.3) is 0 Å². The number of aromatic amines is 1. The molecule has 1 aromatic heterocycles. The van der Waals surface area contributed by atoms with E-state index < -0.39 is 0 Å². The summed E-state index contributed by atoms with van der Waals surface area (Å²) < 4.78 is 13.1. The van der Waals surface area contributed by atoms with Crippen molar-refractivity contribution in [3.63, 3.8) is 0 Å². The van der Waals surface area contributed by atoms with E-state index in [1.165, 1.54) is 6.07 Å². The Labute approximate surface area is 74.6 Å². The first-order chi connectivity index (χ1) is 6.36. The lowest BCUT2D eigenvalue weighted by Gasteiger charge is -1.98. The van der Waals surface area contributed by atoms with Gasteiger partial charge in [0.2, 0.25) is 0 Å². The van der Waals surface area contributed by atoms with Crippen molar-refractivity contribution in [2.45, 2.75) is 6.42 Å². The molecule has 3 nitrogen and oxygen atoms in total. The predicted octanol–water partition coefficient (Wildman–Crippen LogP) is 1.53. The smallest absolute Gasteiger partial charge is 0.126 e. The monoisotopic (exact) mass is 177 g/mol. The Morgan fingerprint density at radius 1 is 1.31 bits per heavy atom. The minimum Gasteiger partial charge on any atom is -0.265 e. The molecular weight excluding hydrogens is 169 g/mol. The molecule has 4 heteroatoms. The van der Waals surface area contributed by atoms with Gasteiger partial charge >= 0.3 is 0 Å². The Morgan fingerprint density at radius 3 is 2.85 bits per heavy atom. The van der Waals surface area contributed by atoms with Crippen molar-refractivity contribution in [3.8, 4) is 0 Å². The highest BCUT2D eigenvalue weighted by Crippen LogP contribution is 2.09. The Kier molecular flexibility index (Phi) is 2.04. The van der Waals surface area contributed by atoms with Crippen LogP contribution in [0.5, 0.6) is 0 Å². The molecule has 2 rings (SSSR count). The zero-order chi connectivity index (χ0) is 9.10. The molecule has 1 aromatic carbocycles. The quantitative estimate of drug-likeness (QED) is 0.755. The van der Waals surface area contributed by atoms with Crippen molar-refractivity contribution in [1.29, 1.82) is 0 Å². The topological polar surface area (TPSA) is 41.6 Å². The first-order valence-corrected chi connectivity index (χ1v) is 3.95. The lowest BCUT2D eigenvalue weighted by molar-refractivity contribution is 0.613. The van der Waals surface area contributed by atoms with Crippen LogP contribution in [0.15, 0.2) is 30.5 Å². The molecule has 1 N–H and O–H groups in total. The Hall–Kier alpha value is -1.71. The second-order valence-electron chi connectivity index (χ2n) is 2.73. The molecule has 0 spiro atoms. The third-order valence-electron chi connectivity index (χ3n) is 1.80. The Balaban J connectivity index is 2.24. The van der Waals surface area contributed by atoms with Gasteiger partial charge in [0.1, 0.15) is 5.82 Å². The van der Waals surface area contributed by atoms with E-state index in [0.717, 1.165) is 5.69 Å². The second kappa shape index (κ2) is 3.35. The van der Waals surface area contributed by atoms with Crippen LogP contribution in [0.3, 0.4) is 0 Å². The van der Waals surface area contributed by atoms with Crippen LogP contribution in [-0.4, -0.2) is 15.4 Å². The minimum atomic E-state index is -0.203. The third kappa shape index (κ3) is 1.72. The standard InChI is InChI=1S/C9H8FN3/c10-9-4-2-1-3-7(9)5-8-6-11-13-12-8/h1-4,6H,5H2,(H,11,12,13). The van der Waals surface area contributed by atoms with Gasteiger partial charge < -0.3 is 0 Å². The average molecular weight is 177 g/mol. The summed E-state index contributed by atoms with van der Waals surface area (Å²) >= 11 is 0. The molecule has 66 valence electrons. The van der Waals surface area contributed by atoms with Gasteiger partial charge in [-0.05, 0) is 11.6 Å². The van der Waals surface area contributed by atoms with Gasteiger partial charge in [0.05, 0.1) is 5.69 Å². The van der Waals surface area contributed by atoms with E-state index in [-0.39, 0.29) is 5.82 Å². The molecule has 2 aromatic rings. The fourth-order valence-corrected chi connectivity index (χ4v) is 1.15. The molecule has 1 heterocycles. The largest absolute Gasteiger partial charge is 0.265 e. The summed E-state index contributed by atoms with van der Waals surface area (Å²) in [4.78, 5) is 0. The summed E-state index contributed by atoms with van der Waals surface area (Å²) in [7, 11) is 0. The Morgan fingerprint density at radius 2 is 2.15 bits per heavy atom. The molecule has 13 heavy (non-hydrogen) atoms. The van der Waals surface area contributed by atoms with Crippen molar-refractivity contribution in [2.75, 3.05) is 0 Å². The van der Waals surface area contributed by atoms with Gasteiger partial charge in [-0.15, -0.1) is 5.10 Å². The van der Waals surface area contributed by atoms with Crippen molar-refractivity contribution in [2.24, 2.45) is 0 Å². The van der Waals surface area contributed by atoms with Crippen molar-refractivity contribution in [1.82, 2.24) is 15.4 Å². The van der Waals surface area contributed by atoms with E-state index in [1.807, 2.05) is 0 Å². The summed E-state index contributed by atoms with van der Waals surface area (Å²) in [5.74, 6) is -0.203. The van der Waals surface area contributed by atoms with Crippen LogP contribution in [0.1, 0.15) is 11.3 Å². The lowest BCUT2D eigenvalue weighted by atomic mass is 10.1. The summed E-state index contributed by atoms with van der Waals surface area (Å²) in [6.45, 7) is 0. The maximum Gasteiger partial charge on any atom is 0.126 e. The molecular formula is C9H8FN3. The van der Waals surface area contributed by atoms with Crippen LogP contribution in [0, 0.1) is 5.82 Å². The number of aromatic nitrogens is 3. The highest BCUT2D eigenvalue weighted by molar-refractivity contribution is 5.21. The number of hydrogen-bond donors (Lipinski definition) is 1.